The quantitative estimate of drug-likeness (QED) is 0.831. The van der Waals surface area contributed by atoms with E-state index in [1.54, 1.807) is 6.07 Å². The zero-order valence-electron chi connectivity index (χ0n) is 9.45. The van der Waals surface area contributed by atoms with E-state index in [-0.39, 0.29) is 11.3 Å². The van der Waals surface area contributed by atoms with Gasteiger partial charge in [0.05, 0.1) is 5.56 Å². The summed E-state index contributed by atoms with van der Waals surface area (Å²) in [6.07, 6.45) is 0. The Bertz CT molecular complexity index is 563. The minimum Gasteiger partial charge on any atom is -0.437 e. The number of aromatic nitrogens is 2. The van der Waals surface area contributed by atoms with Gasteiger partial charge in [-0.05, 0) is 32.0 Å². The van der Waals surface area contributed by atoms with Crippen LogP contribution in [0.4, 0.5) is 4.39 Å². The van der Waals surface area contributed by atoms with Crippen LogP contribution in [0.3, 0.4) is 0 Å². The fourth-order valence-electron chi connectivity index (χ4n) is 1.42. The summed E-state index contributed by atoms with van der Waals surface area (Å²) in [6, 6.07) is 5.49. The number of carbonyl (C=O) groups excluding carboxylic acids is 1. The minimum absolute atomic E-state index is 0.200. The molecule has 17 heavy (non-hydrogen) atoms. The van der Waals surface area contributed by atoms with Crippen molar-refractivity contribution < 1.29 is 13.9 Å². The Balaban J connectivity index is 2.35. The number of carbonyl (C=O) groups is 1. The zero-order chi connectivity index (χ0) is 12.4. The van der Waals surface area contributed by atoms with Crippen molar-refractivity contribution in [3.63, 3.8) is 0 Å². The van der Waals surface area contributed by atoms with Gasteiger partial charge >= 0.3 is 0 Å². The number of benzene rings is 1. The second-order valence-electron chi connectivity index (χ2n) is 3.69. The van der Waals surface area contributed by atoms with Gasteiger partial charge in [-0.25, -0.2) is 4.39 Å². The first-order chi connectivity index (χ1) is 8.06. The van der Waals surface area contributed by atoms with Crippen molar-refractivity contribution in [3.8, 4) is 11.6 Å². The van der Waals surface area contributed by atoms with Crippen molar-refractivity contribution in [3.05, 3.63) is 41.3 Å². The molecule has 2 aromatic rings. The van der Waals surface area contributed by atoms with Gasteiger partial charge in [0.25, 0.3) is 0 Å². The van der Waals surface area contributed by atoms with Crippen molar-refractivity contribution in [2.24, 2.45) is 0 Å². The molecule has 1 aromatic heterocycles. The van der Waals surface area contributed by atoms with E-state index in [9.17, 15) is 9.18 Å². The molecule has 1 aromatic carbocycles. The van der Waals surface area contributed by atoms with E-state index in [0.717, 1.165) is 11.8 Å². The number of hydrogen-bond acceptors (Lipinski definition) is 3. The molecule has 0 saturated heterocycles. The SMILES string of the molecule is CC(=O)c1cc(F)ccc1Oc1cc(C)[nH]n1. The number of rotatable bonds is 3. The average Bonchev–Trinajstić information content (AvgIpc) is 2.66. The highest BCUT2D eigenvalue weighted by atomic mass is 19.1. The summed E-state index contributed by atoms with van der Waals surface area (Å²) < 4.78 is 18.4. The molecule has 0 fully saturated rings. The van der Waals surface area contributed by atoms with E-state index in [4.69, 9.17) is 4.74 Å². The summed E-state index contributed by atoms with van der Waals surface area (Å²) in [7, 11) is 0. The van der Waals surface area contributed by atoms with Crippen LogP contribution < -0.4 is 4.74 Å². The molecule has 1 heterocycles. The molecule has 0 radical (unpaired) electrons. The van der Waals surface area contributed by atoms with Gasteiger partial charge in [0.1, 0.15) is 11.6 Å². The van der Waals surface area contributed by atoms with Crippen molar-refractivity contribution in [1.29, 1.82) is 0 Å². The standard InChI is InChI=1S/C12H11FN2O2/c1-7-5-12(15-14-7)17-11-4-3-9(13)6-10(11)8(2)16/h3-6H,1-2H3,(H,14,15). The first-order valence-corrected chi connectivity index (χ1v) is 5.06. The Morgan fingerprint density at radius 3 is 2.76 bits per heavy atom. The second-order valence-corrected chi connectivity index (χ2v) is 3.69. The molecule has 0 amide bonds. The predicted octanol–water partition coefficient (Wildman–Crippen LogP) is 2.85. The molecular weight excluding hydrogens is 223 g/mol. The fourth-order valence-corrected chi connectivity index (χ4v) is 1.42. The molecule has 0 unspecified atom stereocenters. The molecular formula is C12H11FN2O2. The number of Topliss-reactive ketones (excluding diaryl/α,β-unsaturated/α-hetero) is 1. The molecule has 0 bridgehead atoms. The summed E-state index contributed by atoms with van der Waals surface area (Å²) >= 11 is 0. The van der Waals surface area contributed by atoms with E-state index >= 15 is 0 Å². The normalized spacial score (nSPS) is 10.3. The third kappa shape index (κ3) is 2.50. The minimum atomic E-state index is -0.472. The molecule has 4 nitrogen and oxygen atoms in total. The smallest absolute Gasteiger partial charge is 0.238 e. The Hall–Kier alpha value is -2.17. The molecule has 0 aliphatic heterocycles. The van der Waals surface area contributed by atoms with Gasteiger partial charge in [0.2, 0.25) is 5.88 Å². The number of ketones is 1. The highest BCUT2D eigenvalue weighted by Crippen LogP contribution is 2.25. The van der Waals surface area contributed by atoms with Crippen LogP contribution in [0.1, 0.15) is 23.0 Å². The van der Waals surface area contributed by atoms with Crippen LogP contribution in [0.25, 0.3) is 0 Å². The van der Waals surface area contributed by atoms with Crippen molar-refractivity contribution in [1.82, 2.24) is 10.2 Å². The number of H-pyrrole nitrogens is 1. The van der Waals surface area contributed by atoms with Gasteiger partial charge in [-0.15, -0.1) is 5.10 Å². The van der Waals surface area contributed by atoms with E-state index < -0.39 is 5.82 Å². The summed E-state index contributed by atoms with van der Waals surface area (Å²) in [6.45, 7) is 3.19. The molecule has 0 atom stereocenters. The van der Waals surface area contributed by atoms with Gasteiger partial charge in [0, 0.05) is 11.8 Å². The van der Waals surface area contributed by atoms with Gasteiger partial charge < -0.3 is 4.74 Å². The maximum absolute atomic E-state index is 13.0. The highest BCUT2D eigenvalue weighted by molar-refractivity contribution is 5.96. The molecule has 1 N–H and O–H groups in total. The molecule has 0 spiro atoms. The predicted molar refractivity (Wildman–Crippen MR) is 59.8 cm³/mol. The number of halogens is 1. The molecule has 0 aliphatic carbocycles. The topological polar surface area (TPSA) is 55.0 Å². The lowest BCUT2D eigenvalue weighted by atomic mass is 10.1. The monoisotopic (exact) mass is 234 g/mol. The first kappa shape index (κ1) is 11.3. The van der Waals surface area contributed by atoms with Gasteiger partial charge in [-0.3, -0.25) is 9.89 Å². The largest absolute Gasteiger partial charge is 0.437 e. The van der Waals surface area contributed by atoms with Crippen molar-refractivity contribution in [2.45, 2.75) is 13.8 Å². The number of aromatic amines is 1. The number of aryl methyl sites for hydroxylation is 1. The van der Waals surface area contributed by atoms with Crippen LogP contribution in [-0.4, -0.2) is 16.0 Å². The summed E-state index contributed by atoms with van der Waals surface area (Å²) in [5.74, 6) is -0.0884. The number of hydrogen-bond donors (Lipinski definition) is 1. The van der Waals surface area contributed by atoms with Crippen molar-refractivity contribution in [2.75, 3.05) is 0 Å². The second kappa shape index (κ2) is 4.37. The Kier molecular flexibility index (Phi) is 2.91. The van der Waals surface area contributed by atoms with E-state index in [1.165, 1.54) is 19.1 Å². The Morgan fingerprint density at radius 1 is 1.41 bits per heavy atom. The molecule has 2 rings (SSSR count). The van der Waals surface area contributed by atoms with Gasteiger partial charge in [0.15, 0.2) is 5.78 Å². The Morgan fingerprint density at radius 2 is 2.18 bits per heavy atom. The number of nitrogens with zero attached hydrogens (tertiary/aromatic N) is 1. The Labute approximate surface area is 97.4 Å². The summed E-state index contributed by atoms with van der Waals surface area (Å²) in [5, 5.41) is 6.60. The molecule has 0 aliphatic rings. The van der Waals surface area contributed by atoms with Crippen LogP contribution in [-0.2, 0) is 0 Å². The molecule has 5 heteroatoms. The van der Waals surface area contributed by atoms with Crippen molar-refractivity contribution >= 4 is 5.78 Å². The van der Waals surface area contributed by atoms with Crippen LogP contribution in [0.2, 0.25) is 0 Å². The maximum atomic E-state index is 13.0. The van der Waals surface area contributed by atoms with E-state index in [2.05, 4.69) is 10.2 Å². The lowest BCUT2D eigenvalue weighted by Crippen LogP contribution is -1.98. The van der Waals surface area contributed by atoms with E-state index in [0.29, 0.717) is 11.6 Å². The highest BCUT2D eigenvalue weighted by Gasteiger charge is 2.11. The van der Waals surface area contributed by atoms with Gasteiger partial charge in [-0.2, -0.15) is 0 Å². The molecule has 0 saturated carbocycles. The number of nitrogens with one attached hydrogen (secondary N) is 1. The molecule has 88 valence electrons. The third-order valence-corrected chi connectivity index (χ3v) is 2.22. The zero-order valence-corrected chi connectivity index (χ0v) is 9.45. The number of ether oxygens (including phenoxy) is 1. The lowest BCUT2D eigenvalue weighted by molar-refractivity contribution is 0.101. The average molecular weight is 234 g/mol. The third-order valence-electron chi connectivity index (χ3n) is 2.22. The fraction of sp³-hybridized carbons (Fsp3) is 0.167. The lowest BCUT2D eigenvalue weighted by Gasteiger charge is -2.06. The van der Waals surface area contributed by atoms with E-state index in [1.807, 2.05) is 6.92 Å². The van der Waals surface area contributed by atoms with Gasteiger partial charge in [-0.1, -0.05) is 0 Å². The first-order valence-electron chi connectivity index (χ1n) is 5.06. The summed E-state index contributed by atoms with van der Waals surface area (Å²) in [5.41, 5.74) is 1.04. The maximum Gasteiger partial charge on any atom is 0.238 e. The van der Waals surface area contributed by atoms with Crippen LogP contribution in [0.5, 0.6) is 11.6 Å². The van der Waals surface area contributed by atoms with Crippen LogP contribution >= 0.6 is 0 Å². The van der Waals surface area contributed by atoms with Crippen LogP contribution in [0.15, 0.2) is 24.3 Å². The van der Waals surface area contributed by atoms with Crippen LogP contribution in [0, 0.1) is 12.7 Å². The summed E-state index contributed by atoms with van der Waals surface area (Å²) in [4.78, 5) is 11.3.